The number of likely N-dealkylation sites (N-methyl/N-ethyl adjacent to an activating group) is 1. The van der Waals surface area contributed by atoms with Crippen LogP contribution in [0.15, 0.2) is 53.2 Å². The van der Waals surface area contributed by atoms with Crippen molar-refractivity contribution in [2.45, 2.75) is 52.0 Å². The van der Waals surface area contributed by atoms with E-state index in [4.69, 9.17) is 19.2 Å². The molecule has 4 aromatic heterocycles. The highest BCUT2D eigenvalue weighted by molar-refractivity contribution is 7.23. The molecule has 1 fully saturated rings. The van der Waals surface area contributed by atoms with Gasteiger partial charge >= 0.3 is 0 Å². The van der Waals surface area contributed by atoms with Crippen LogP contribution in [0.2, 0.25) is 0 Å². The van der Waals surface area contributed by atoms with Crippen LogP contribution in [0.3, 0.4) is 0 Å². The number of ether oxygens (including phenoxy) is 1. The molecule has 220 valence electrons. The number of imidazole rings is 1. The molecule has 5 heterocycles. The molecule has 42 heavy (non-hydrogen) atoms. The summed E-state index contributed by atoms with van der Waals surface area (Å²) < 4.78 is 13.1. The highest BCUT2D eigenvalue weighted by Crippen LogP contribution is 2.30. The van der Waals surface area contributed by atoms with E-state index in [0.29, 0.717) is 18.2 Å². The van der Waals surface area contributed by atoms with E-state index in [1.807, 2.05) is 30.3 Å². The molecule has 6 rings (SSSR count). The zero-order valence-electron chi connectivity index (χ0n) is 25.0. The number of fused-ring (bicyclic) bond motifs is 3. The van der Waals surface area contributed by atoms with Crippen LogP contribution in [0.1, 0.15) is 44.7 Å². The van der Waals surface area contributed by atoms with Crippen LogP contribution in [0.25, 0.3) is 26.6 Å². The van der Waals surface area contributed by atoms with Crippen molar-refractivity contribution in [3.63, 3.8) is 0 Å². The number of morpholine rings is 1. The molecule has 0 amide bonds. The maximum atomic E-state index is 12.7. The van der Waals surface area contributed by atoms with Gasteiger partial charge in [-0.05, 0) is 24.6 Å². The summed E-state index contributed by atoms with van der Waals surface area (Å²) in [6.07, 6.45) is 2.69. The van der Waals surface area contributed by atoms with E-state index in [2.05, 4.69) is 72.4 Å². The van der Waals surface area contributed by atoms with E-state index in [9.17, 15) is 4.79 Å². The van der Waals surface area contributed by atoms with Gasteiger partial charge in [0.25, 0.3) is 0 Å². The summed E-state index contributed by atoms with van der Waals surface area (Å²) in [4.78, 5) is 29.1. The Morgan fingerprint density at radius 3 is 2.67 bits per heavy atom. The molecule has 0 radical (unpaired) electrons. The molecule has 0 spiro atoms. The number of rotatable bonds is 9. The minimum Gasteiger partial charge on any atom is -0.379 e. The number of carbonyl (C=O) groups is 1. The first-order chi connectivity index (χ1) is 20.1. The van der Waals surface area contributed by atoms with Gasteiger partial charge in [-0.2, -0.15) is 0 Å². The summed E-state index contributed by atoms with van der Waals surface area (Å²) in [5.41, 5.74) is 4.50. The largest absolute Gasteiger partial charge is 0.379 e. The van der Waals surface area contributed by atoms with Gasteiger partial charge in [-0.15, -0.1) is 0 Å². The van der Waals surface area contributed by atoms with Gasteiger partial charge in [-0.25, -0.2) is 9.97 Å². The molecule has 0 saturated carbocycles. The number of anilines is 1. The number of hydrogen-bond acceptors (Lipinski definition) is 9. The second kappa shape index (κ2) is 11.6. The van der Waals surface area contributed by atoms with Crippen molar-refractivity contribution >= 4 is 38.2 Å². The number of hydrogen-bond donors (Lipinski definition) is 0. The Hall–Kier alpha value is -3.60. The number of benzene rings is 1. The molecule has 0 N–H and O–H groups in total. The summed E-state index contributed by atoms with van der Waals surface area (Å²) in [7, 11) is 2.10. The smallest absolute Gasteiger partial charge is 0.196 e. The molecule has 0 bridgehead atoms. The van der Waals surface area contributed by atoms with Gasteiger partial charge in [-0.1, -0.05) is 61.5 Å². The number of aromatic nitrogens is 4. The average Bonchev–Trinajstić information content (AvgIpc) is 3.67. The van der Waals surface area contributed by atoms with Crippen molar-refractivity contribution in [1.82, 2.24) is 24.4 Å². The maximum absolute atomic E-state index is 12.7. The Morgan fingerprint density at radius 1 is 1.12 bits per heavy atom. The zero-order chi connectivity index (χ0) is 29.4. The summed E-state index contributed by atoms with van der Waals surface area (Å²) in [5.74, 6) is 1.87. The van der Waals surface area contributed by atoms with Gasteiger partial charge in [0.1, 0.15) is 22.2 Å². The fourth-order valence-corrected chi connectivity index (χ4v) is 6.23. The predicted octanol–water partition coefficient (Wildman–Crippen LogP) is 5.41. The molecule has 1 saturated heterocycles. The van der Waals surface area contributed by atoms with Gasteiger partial charge < -0.3 is 14.2 Å². The standard InChI is InChI=1S/C32H38N6O3S/c1-21-20-40-15-14-37(21)13-12-36(5)29-11-10-27-30(34-29)42-31-33-26(19-38(27)31)23-8-6-22(7-9-23)16-25(39)17-24-18-28(41-35-24)32(2,3)4/h6-11,18-19,21H,12-17,20H2,1-5H3/t21-/m1/s1. The first-order valence-electron chi connectivity index (χ1n) is 14.5. The van der Waals surface area contributed by atoms with E-state index < -0.39 is 0 Å². The van der Waals surface area contributed by atoms with Crippen LogP contribution in [0.4, 0.5) is 5.82 Å². The topological polar surface area (TPSA) is 89.0 Å². The van der Waals surface area contributed by atoms with Crippen molar-refractivity contribution in [1.29, 1.82) is 0 Å². The second-order valence-corrected chi connectivity index (χ2v) is 13.2. The predicted molar refractivity (Wildman–Crippen MR) is 167 cm³/mol. The summed E-state index contributed by atoms with van der Waals surface area (Å²) in [6, 6.07) is 14.6. The fourth-order valence-electron chi connectivity index (χ4n) is 5.25. The molecule has 1 aliphatic heterocycles. The van der Waals surface area contributed by atoms with E-state index >= 15 is 0 Å². The lowest BCUT2D eigenvalue weighted by Crippen LogP contribution is -2.46. The van der Waals surface area contributed by atoms with Crippen LogP contribution >= 0.6 is 11.3 Å². The van der Waals surface area contributed by atoms with Gasteiger partial charge in [-0.3, -0.25) is 14.1 Å². The first-order valence-corrected chi connectivity index (χ1v) is 15.3. The van der Waals surface area contributed by atoms with Crippen molar-refractivity contribution < 1.29 is 14.1 Å². The van der Waals surface area contributed by atoms with Gasteiger partial charge in [0, 0.05) is 62.4 Å². The second-order valence-electron chi connectivity index (χ2n) is 12.3. The number of pyridine rings is 1. The van der Waals surface area contributed by atoms with E-state index in [1.54, 1.807) is 11.3 Å². The Balaban J connectivity index is 1.10. The highest BCUT2D eigenvalue weighted by Gasteiger charge is 2.21. The number of carbonyl (C=O) groups excluding carboxylic acids is 1. The molecule has 1 aromatic carbocycles. The first kappa shape index (κ1) is 28.5. The van der Waals surface area contributed by atoms with Crippen molar-refractivity contribution in [2.75, 3.05) is 44.8 Å². The third-order valence-electron chi connectivity index (χ3n) is 7.89. The monoisotopic (exact) mass is 586 g/mol. The lowest BCUT2D eigenvalue weighted by atomic mass is 9.93. The summed E-state index contributed by atoms with van der Waals surface area (Å²) in [6.45, 7) is 12.9. The number of thiazole rings is 1. The van der Waals surface area contributed by atoms with Gasteiger partial charge in [0.05, 0.1) is 36.5 Å². The molecule has 0 unspecified atom stereocenters. The Bertz CT molecular complexity index is 1700. The Kier molecular flexibility index (Phi) is 7.87. The van der Waals surface area contributed by atoms with Crippen LogP contribution in [0, 0.1) is 0 Å². The van der Waals surface area contributed by atoms with Gasteiger partial charge in [0.15, 0.2) is 4.96 Å². The Morgan fingerprint density at radius 2 is 1.93 bits per heavy atom. The lowest BCUT2D eigenvalue weighted by Gasteiger charge is -2.34. The molecule has 9 nitrogen and oxygen atoms in total. The fraction of sp³-hybridized carbons (Fsp3) is 0.438. The normalized spacial score (nSPS) is 16.5. The quantitative estimate of drug-likeness (QED) is 0.227. The summed E-state index contributed by atoms with van der Waals surface area (Å²) in [5, 5.41) is 4.08. The lowest BCUT2D eigenvalue weighted by molar-refractivity contribution is -0.117. The SMILES string of the molecule is C[C@@H]1COCCN1CCN(C)c1ccc2c(n1)sc1nc(-c3ccc(CC(=O)Cc4cc(C(C)(C)C)on4)cc3)cn12. The maximum Gasteiger partial charge on any atom is 0.196 e. The zero-order valence-corrected chi connectivity index (χ0v) is 25.8. The molecule has 5 aromatic rings. The minimum absolute atomic E-state index is 0.110. The molecular weight excluding hydrogens is 548 g/mol. The number of nitrogens with zero attached hydrogens (tertiary/aromatic N) is 6. The van der Waals surface area contributed by atoms with Crippen LogP contribution < -0.4 is 4.90 Å². The van der Waals surface area contributed by atoms with Crippen molar-refractivity contribution in [3.8, 4) is 11.3 Å². The molecule has 10 heteroatoms. The van der Waals surface area contributed by atoms with E-state index in [-0.39, 0.29) is 17.6 Å². The van der Waals surface area contributed by atoms with Crippen molar-refractivity contribution in [2.24, 2.45) is 0 Å². The number of Topliss-reactive ketones (excluding diaryl/α,β-unsaturated/α-hetero) is 1. The molecular formula is C32H38N6O3S. The van der Waals surface area contributed by atoms with E-state index in [0.717, 1.165) is 76.6 Å². The van der Waals surface area contributed by atoms with Crippen LogP contribution in [0.5, 0.6) is 0 Å². The van der Waals surface area contributed by atoms with Crippen LogP contribution in [-0.4, -0.2) is 76.1 Å². The minimum atomic E-state index is -0.129. The molecule has 1 atom stereocenters. The highest BCUT2D eigenvalue weighted by atomic mass is 32.1. The van der Waals surface area contributed by atoms with Crippen molar-refractivity contribution in [3.05, 3.63) is 65.7 Å². The number of ketones is 1. The van der Waals surface area contributed by atoms with E-state index in [1.165, 1.54) is 0 Å². The third kappa shape index (κ3) is 6.11. The molecule has 0 aliphatic carbocycles. The van der Waals surface area contributed by atoms with Crippen LogP contribution in [-0.2, 0) is 27.8 Å². The average molecular weight is 587 g/mol. The third-order valence-corrected chi connectivity index (χ3v) is 8.86. The Labute approximate surface area is 250 Å². The van der Waals surface area contributed by atoms with Gasteiger partial charge in [0.2, 0.25) is 0 Å². The molecule has 1 aliphatic rings. The summed E-state index contributed by atoms with van der Waals surface area (Å²) >= 11 is 1.60.